The molecule has 1 unspecified atom stereocenters. The number of carbonyl (C=O) groups is 2. The van der Waals surface area contributed by atoms with Crippen LogP contribution in [0.4, 0.5) is 0 Å². The number of ether oxygens (including phenoxy) is 2. The summed E-state index contributed by atoms with van der Waals surface area (Å²) in [6, 6.07) is 21.2. The van der Waals surface area contributed by atoms with Gasteiger partial charge in [-0.15, -0.1) is 0 Å². The Morgan fingerprint density at radius 3 is 2.44 bits per heavy atom. The van der Waals surface area contributed by atoms with E-state index in [1.165, 1.54) is 6.42 Å². The van der Waals surface area contributed by atoms with Crippen molar-refractivity contribution in [3.05, 3.63) is 83.4 Å². The molecule has 2 fully saturated rings. The summed E-state index contributed by atoms with van der Waals surface area (Å²) in [5.74, 6) is 0.275. The zero-order valence-electron chi connectivity index (χ0n) is 22.2. The van der Waals surface area contributed by atoms with E-state index >= 15 is 0 Å². The number of hydrogen-bond donors (Lipinski definition) is 2. The van der Waals surface area contributed by atoms with Gasteiger partial charge in [0, 0.05) is 30.0 Å². The minimum absolute atomic E-state index is 0.121. The van der Waals surface area contributed by atoms with Crippen LogP contribution in [-0.4, -0.2) is 37.4 Å². The lowest BCUT2D eigenvalue weighted by molar-refractivity contribution is -0.186. The third-order valence-electron chi connectivity index (χ3n) is 7.30. The van der Waals surface area contributed by atoms with Crippen LogP contribution in [0, 0.1) is 0 Å². The molecule has 3 aromatic rings. The molecule has 1 heterocycles. The van der Waals surface area contributed by atoms with E-state index in [-0.39, 0.29) is 24.5 Å². The lowest BCUT2D eigenvalue weighted by atomic mass is 9.95. The van der Waals surface area contributed by atoms with Gasteiger partial charge < -0.3 is 14.8 Å². The fourth-order valence-corrected chi connectivity index (χ4v) is 5.09. The fourth-order valence-electron chi connectivity index (χ4n) is 5.09. The first-order chi connectivity index (χ1) is 19.2. The van der Waals surface area contributed by atoms with Crippen LogP contribution in [0.1, 0.15) is 67.3 Å². The molecule has 204 valence electrons. The van der Waals surface area contributed by atoms with E-state index in [0.717, 1.165) is 67.0 Å². The summed E-state index contributed by atoms with van der Waals surface area (Å²) in [5.41, 5.74) is 4.28. The second-order valence-corrected chi connectivity index (χ2v) is 10.2. The molecule has 1 saturated carbocycles. The van der Waals surface area contributed by atoms with Crippen molar-refractivity contribution in [2.45, 2.75) is 63.7 Å². The van der Waals surface area contributed by atoms with Gasteiger partial charge in [0.25, 0.3) is 11.8 Å². The molecular weight excluding hydrogens is 492 g/mol. The van der Waals surface area contributed by atoms with Crippen LogP contribution in [0.15, 0.2) is 72.3 Å². The van der Waals surface area contributed by atoms with Crippen molar-refractivity contribution >= 4 is 28.7 Å². The molecule has 7 nitrogen and oxygen atoms in total. The zero-order chi connectivity index (χ0) is 26.9. The minimum Gasteiger partial charge on any atom is -0.488 e. The molecule has 0 aromatic heterocycles. The summed E-state index contributed by atoms with van der Waals surface area (Å²) in [6.07, 6.45) is 9.71. The second-order valence-electron chi connectivity index (χ2n) is 10.2. The van der Waals surface area contributed by atoms with Gasteiger partial charge >= 0.3 is 0 Å². The third-order valence-corrected chi connectivity index (χ3v) is 7.30. The van der Waals surface area contributed by atoms with Gasteiger partial charge in [-0.1, -0.05) is 67.8 Å². The van der Waals surface area contributed by atoms with Crippen LogP contribution < -0.4 is 15.5 Å². The maximum atomic E-state index is 13.4. The Labute approximate surface area is 229 Å². The average molecular weight is 529 g/mol. The van der Waals surface area contributed by atoms with Gasteiger partial charge in [-0.25, -0.2) is 10.3 Å². The van der Waals surface area contributed by atoms with Crippen LogP contribution >= 0.6 is 0 Å². The number of carbonyl (C=O) groups excluding carboxylic acids is 2. The van der Waals surface area contributed by atoms with Crippen molar-refractivity contribution in [3.8, 4) is 5.75 Å². The summed E-state index contributed by atoms with van der Waals surface area (Å²) >= 11 is 0. The highest BCUT2D eigenvalue weighted by Crippen LogP contribution is 2.26. The van der Waals surface area contributed by atoms with Crippen molar-refractivity contribution in [1.82, 2.24) is 10.8 Å². The summed E-state index contributed by atoms with van der Waals surface area (Å²) < 4.78 is 11.7. The molecule has 2 amide bonds. The molecule has 39 heavy (non-hydrogen) atoms. The SMILES string of the molecule is O=C(NC1CCCCC1)/C(=C/c1ccc(C(=O)NOC2CCCCO2)cc1)COc1cccc2ccccc12. The monoisotopic (exact) mass is 528 g/mol. The summed E-state index contributed by atoms with van der Waals surface area (Å²) in [4.78, 5) is 31.3. The largest absolute Gasteiger partial charge is 0.488 e. The Balaban J connectivity index is 1.29. The predicted octanol–water partition coefficient (Wildman–Crippen LogP) is 5.94. The average Bonchev–Trinajstić information content (AvgIpc) is 2.99. The Morgan fingerprint density at radius 2 is 1.64 bits per heavy atom. The van der Waals surface area contributed by atoms with E-state index in [9.17, 15) is 9.59 Å². The van der Waals surface area contributed by atoms with Gasteiger partial charge in [-0.2, -0.15) is 0 Å². The van der Waals surface area contributed by atoms with Gasteiger partial charge in [0.1, 0.15) is 12.4 Å². The Kier molecular flexibility index (Phi) is 9.25. The lowest BCUT2D eigenvalue weighted by Gasteiger charge is -2.23. The highest BCUT2D eigenvalue weighted by atomic mass is 16.8. The van der Waals surface area contributed by atoms with E-state index in [2.05, 4.69) is 10.8 Å². The lowest BCUT2D eigenvalue weighted by Crippen LogP contribution is -2.38. The van der Waals surface area contributed by atoms with Crippen LogP contribution in [0.5, 0.6) is 5.75 Å². The molecule has 5 rings (SSSR count). The van der Waals surface area contributed by atoms with Gasteiger partial charge in [-0.05, 0) is 60.9 Å². The van der Waals surface area contributed by atoms with Gasteiger partial charge in [0.15, 0.2) is 6.29 Å². The molecule has 2 N–H and O–H groups in total. The van der Waals surface area contributed by atoms with E-state index in [4.69, 9.17) is 14.3 Å². The first-order valence-electron chi connectivity index (χ1n) is 14.0. The maximum Gasteiger partial charge on any atom is 0.274 e. The predicted molar refractivity (Wildman–Crippen MR) is 151 cm³/mol. The number of benzene rings is 3. The molecule has 1 atom stereocenters. The number of fused-ring (bicyclic) bond motifs is 1. The molecule has 0 bridgehead atoms. The summed E-state index contributed by atoms with van der Waals surface area (Å²) in [6.45, 7) is 0.770. The van der Waals surface area contributed by atoms with Crippen LogP contribution in [0.3, 0.4) is 0 Å². The highest BCUT2D eigenvalue weighted by molar-refractivity contribution is 5.99. The van der Waals surface area contributed by atoms with Crippen molar-refractivity contribution in [3.63, 3.8) is 0 Å². The van der Waals surface area contributed by atoms with Crippen LogP contribution in [-0.2, 0) is 14.4 Å². The van der Waals surface area contributed by atoms with Gasteiger partial charge in [0.2, 0.25) is 0 Å². The van der Waals surface area contributed by atoms with E-state index in [1.807, 2.05) is 60.7 Å². The Hall–Kier alpha value is -3.68. The first-order valence-corrected chi connectivity index (χ1v) is 14.0. The van der Waals surface area contributed by atoms with Crippen LogP contribution in [0.2, 0.25) is 0 Å². The Bertz CT molecular complexity index is 1290. The molecule has 0 radical (unpaired) electrons. The van der Waals surface area contributed by atoms with E-state index < -0.39 is 6.29 Å². The van der Waals surface area contributed by atoms with Crippen molar-refractivity contribution in [1.29, 1.82) is 0 Å². The molecular formula is C32H36N2O5. The number of hydrogen-bond acceptors (Lipinski definition) is 5. The third kappa shape index (κ3) is 7.46. The smallest absolute Gasteiger partial charge is 0.274 e. The standard InChI is InChI=1S/C32H36N2O5/c35-31(33-27-11-2-1-3-12-27)26(22-38-29-14-8-10-24-9-4-5-13-28(24)29)21-23-16-18-25(19-17-23)32(36)34-39-30-15-6-7-20-37-30/h4-5,8-10,13-14,16-19,21,27,30H,1-3,6-7,11-12,15,20,22H2,(H,33,35)(H,34,36)/b26-21+. The summed E-state index contributed by atoms with van der Waals surface area (Å²) in [5, 5.41) is 5.30. The highest BCUT2D eigenvalue weighted by Gasteiger charge is 2.20. The second kappa shape index (κ2) is 13.4. The number of rotatable bonds is 9. The maximum absolute atomic E-state index is 13.4. The fraction of sp³-hybridized carbons (Fsp3) is 0.375. The summed E-state index contributed by atoms with van der Waals surface area (Å²) in [7, 11) is 0. The van der Waals surface area contributed by atoms with Gasteiger partial charge in [0.05, 0.1) is 5.57 Å². The Morgan fingerprint density at radius 1 is 0.872 bits per heavy atom. The van der Waals surface area contributed by atoms with Crippen molar-refractivity contribution in [2.24, 2.45) is 0 Å². The molecule has 1 aliphatic heterocycles. The van der Waals surface area contributed by atoms with Crippen LogP contribution in [0.25, 0.3) is 16.8 Å². The molecule has 7 heteroatoms. The first kappa shape index (κ1) is 26.9. The van der Waals surface area contributed by atoms with E-state index in [1.54, 1.807) is 12.1 Å². The molecule has 1 aliphatic carbocycles. The number of amides is 2. The number of nitrogens with one attached hydrogen (secondary N) is 2. The van der Waals surface area contributed by atoms with Crippen molar-refractivity contribution in [2.75, 3.05) is 13.2 Å². The molecule has 1 saturated heterocycles. The van der Waals surface area contributed by atoms with E-state index in [0.29, 0.717) is 17.7 Å². The molecule has 3 aromatic carbocycles. The minimum atomic E-state index is -0.406. The zero-order valence-corrected chi connectivity index (χ0v) is 22.2. The number of hydroxylamine groups is 1. The normalized spacial score (nSPS) is 18.5. The quantitative estimate of drug-likeness (QED) is 0.265. The van der Waals surface area contributed by atoms with Gasteiger partial charge in [-0.3, -0.25) is 9.59 Å². The van der Waals surface area contributed by atoms with Crippen molar-refractivity contribution < 1.29 is 23.9 Å². The molecule has 2 aliphatic rings. The molecule has 0 spiro atoms. The topological polar surface area (TPSA) is 85.9 Å².